The van der Waals surface area contributed by atoms with Crippen LogP contribution in [0.3, 0.4) is 0 Å². The molecular weight excluding hydrogens is 282 g/mol. The molecule has 0 bridgehead atoms. The summed E-state index contributed by atoms with van der Waals surface area (Å²) in [4.78, 5) is 25.4. The van der Waals surface area contributed by atoms with Crippen LogP contribution in [0.1, 0.15) is 50.4 Å². The molecule has 0 fully saturated rings. The van der Waals surface area contributed by atoms with Crippen molar-refractivity contribution in [2.75, 3.05) is 18.6 Å². The molecule has 1 aliphatic rings. The van der Waals surface area contributed by atoms with E-state index in [0.717, 1.165) is 12.7 Å². The smallest absolute Gasteiger partial charge is 0.270 e. The maximum absolute atomic E-state index is 12.7. The van der Waals surface area contributed by atoms with Gasteiger partial charge in [0.2, 0.25) is 0 Å². The first-order valence-electron chi connectivity index (χ1n) is 7.76. The fraction of sp³-hybridized carbons (Fsp3) is 0.529. The Balaban J connectivity index is 2.58. The number of hydrogen-bond acceptors (Lipinski definition) is 4. The summed E-state index contributed by atoms with van der Waals surface area (Å²) >= 11 is 0. The molecule has 0 spiro atoms. The van der Waals surface area contributed by atoms with Crippen LogP contribution in [0.2, 0.25) is 0 Å². The van der Waals surface area contributed by atoms with Gasteiger partial charge in [0.25, 0.3) is 5.91 Å². The molecular formula is C17H23NO4. The monoisotopic (exact) mass is 305 g/mol. The lowest BCUT2D eigenvalue weighted by molar-refractivity contribution is -0.136. The summed E-state index contributed by atoms with van der Waals surface area (Å²) in [6.07, 6.45) is 2.75. The number of anilines is 1. The van der Waals surface area contributed by atoms with Gasteiger partial charge in [-0.3, -0.25) is 9.59 Å². The van der Waals surface area contributed by atoms with Crippen molar-refractivity contribution in [1.29, 1.82) is 0 Å². The number of rotatable bonds is 6. The van der Waals surface area contributed by atoms with E-state index in [1.807, 2.05) is 20.8 Å². The van der Waals surface area contributed by atoms with E-state index >= 15 is 0 Å². The van der Waals surface area contributed by atoms with Crippen molar-refractivity contribution in [3.63, 3.8) is 0 Å². The number of carbonyl (C=O) groups is 2. The van der Waals surface area contributed by atoms with Crippen LogP contribution >= 0.6 is 0 Å². The number of amides is 1. The molecule has 2 rings (SSSR count). The van der Waals surface area contributed by atoms with E-state index in [0.29, 0.717) is 42.2 Å². The topological polar surface area (TPSA) is 55.8 Å². The largest absolute Gasteiger partial charge is 0.490 e. The number of benzene rings is 1. The summed E-state index contributed by atoms with van der Waals surface area (Å²) < 4.78 is 11.8. The van der Waals surface area contributed by atoms with E-state index in [1.165, 1.54) is 0 Å². The number of ether oxygens (including phenoxy) is 2. The van der Waals surface area contributed by atoms with E-state index in [1.54, 1.807) is 24.1 Å². The standard InChI is InChI=1S/C17H23NO4/c1-5-8-21-14-10-12(11-19)9-13-15(14)22-17(6-2,7-3)16(20)18(13)4/h9-11H,5-8H2,1-4H3. The molecule has 120 valence electrons. The number of hydrogen-bond donors (Lipinski definition) is 0. The summed E-state index contributed by atoms with van der Waals surface area (Å²) in [6, 6.07) is 3.33. The van der Waals surface area contributed by atoms with Gasteiger partial charge < -0.3 is 14.4 Å². The van der Waals surface area contributed by atoms with Gasteiger partial charge in [0.05, 0.1) is 12.3 Å². The molecule has 0 N–H and O–H groups in total. The number of fused-ring (bicyclic) bond motifs is 1. The van der Waals surface area contributed by atoms with E-state index in [-0.39, 0.29) is 5.91 Å². The minimum Gasteiger partial charge on any atom is -0.490 e. The molecule has 0 unspecified atom stereocenters. The highest BCUT2D eigenvalue weighted by molar-refractivity contribution is 6.03. The molecule has 0 aromatic heterocycles. The highest BCUT2D eigenvalue weighted by Gasteiger charge is 2.45. The summed E-state index contributed by atoms with van der Waals surface area (Å²) in [5.74, 6) is 0.978. The Labute approximate surface area is 131 Å². The van der Waals surface area contributed by atoms with E-state index in [9.17, 15) is 9.59 Å². The first kappa shape index (κ1) is 16.3. The molecule has 1 heterocycles. The molecule has 0 aliphatic carbocycles. The molecule has 5 heteroatoms. The molecule has 22 heavy (non-hydrogen) atoms. The van der Waals surface area contributed by atoms with E-state index in [2.05, 4.69) is 0 Å². The van der Waals surface area contributed by atoms with Gasteiger partial charge >= 0.3 is 0 Å². The zero-order chi connectivity index (χ0) is 16.3. The molecule has 0 saturated heterocycles. The average Bonchev–Trinajstić information content (AvgIpc) is 2.56. The van der Waals surface area contributed by atoms with Crippen LogP contribution in [0.25, 0.3) is 0 Å². The van der Waals surface area contributed by atoms with E-state index < -0.39 is 5.60 Å². The zero-order valence-electron chi connectivity index (χ0n) is 13.6. The fourth-order valence-corrected chi connectivity index (χ4v) is 2.70. The van der Waals surface area contributed by atoms with Gasteiger partial charge in [0.1, 0.15) is 6.29 Å². The quantitative estimate of drug-likeness (QED) is 0.757. The lowest BCUT2D eigenvalue weighted by Crippen LogP contribution is -2.54. The highest BCUT2D eigenvalue weighted by Crippen LogP contribution is 2.46. The molecule has 0 saturated carbocycles. The third-order valence-electron chi connectivity index (χ3n) is 4.15. The molecule has 1 aromatic rings. The predicted octanol–water partition coefficient (Wildman–Crippen LogP) is 3.20. The Kier molecular flexibility index (Phi) is 4.74. The second-order valence-corrected chi connectivity index (χ2v) is 5.50. The van der Waals surface area contributed by atoms with Crippen molar-refractivity contribution in [3.8, 4) is 11.5 Å². The maximum Gasteiger partial charge on any atom is 0.270 e. The summed E-state index contributed by atoms with van der Waals surface area (Å²) in [6.45, 7) is 6.41. The Morgan fingerprint density at radius 2 is 1.95 bits per heavy atom. The van der Waals surface area contributed by atoms with Gasteiger partial charge in [-0.1, -0.05) is 20.8 Å². The summed E-state index contributed by atoms with van der Waals surface area (Å²) in [5.41, 5.74) is 0.182. The lowest BCUT2D eigenvalue weighted by atomic mass is 9.92. The van der Waals surface area contributed by atoms with Crippen LogP contribution in [0.4, 0.5) is 5.69 Å². The van der Waals surface area contributed by atoms with Crippen molar-refractivity contribution in [3.05, 3.63) is 17.7 Å². The lowest BCUT2D eigenvalue weighted by Gasteiger charge is -2.41. The number of likely N-dealkylation sites (N-methyl/N-ethyl adjacent to an activating group) is 1. The van der Waals surface area contributed by atoms with Gasteiger partial charge in [-0.15, -0.1) is 0 Å². The van der Waals surface area contributed by atoms with E-state index in [4.69, 9.17) is 9.47 Å². The molecule has 1 amide bonds. The van der Waals surface area contributed by atoms with Crippen LogP contribution in [0.5, 0.6) is 11.5 Å². The first-order chi connectivity index (χ1) is 10.5. The summed E-state index contributed by atoms with van der Waals surface area (Å²) in [5, 5.41) is 0. The minimum absolute atomic E-state index is 0.0884. The fourth-order valence-electron chi connectivity index (χ4n) is 2.70. The van der Waals surface area contributed by atoms with Crippen molar-refractivity contribution < 1.29 is 19.1 Å². The minimum atomic E-state index is -0.866. The normalized spacial score (nSPS) is 16.0. The van der Waals surface area contributed by atoms with Gasteiger partial charge in [0.15, 0.2) is 17.1 Å². The van der Waals surface area contributed by atoms with Crippen molar-refractivity contribution in [1.82, 2.24) is 0 Å². The third kappa shape index (κ3) is 2.56. The second-order valence-electron chi connectivity index (χ2n) is 5.50. The Morgan fingerprint density at radius 3 is 2.50 bits per heavy atom. The second kappa shape index (κ2) is 6.38. The predicted molar refractivity (Wildman–Crippen MR) is 85.0 cm³/mol. The SMILES string of the molecule is CCCOc1cc(C=O)cc2c1OC(CC)(CC)C(=O)N2C. The molecule has 0 radical (unpaired) electrons. The van der Waals surface area contributed by atoms with Gasteiger partial charge in [-0.2, -0.15) is 0 Å². The Bertz CT molecular complexity index is 578. The molecule has 0 atom stereocenters. The summed E-state index contributed by atoms with van der Waals surface area (Å²) in [7, 11) is 1.71. The van der Waals surface area contributed by atoms with Gasteiger partial charge in [-0.05, 0) is 31.4 Å². The Hall–Kier alpha value is -2.04. The van der Waals surface area contributed by atoms with Crippen molar-refractivity contribution in [2.45, 2.75) is 45.6 Å². The van der Waals surface area contributed by atoms with Crippen LogP contribution in [0.15, 0.2) is 12.1 Å². The highest BCUT2D eigenvalue weighted by atomic mass is 16.5. The van der Waals surface area contributed by atoms with Crippen LogP contribution < -0.4 is 14.4 Å². The zero-order valence-corrected chi connectivity index (χ0v) is 13.6. The molecule has 1 aliphatic heterocycles. The third-order valence-corrected chi connectivity index (χ3v) is 4.15. The molecule has 1 aromatic carbocycles. The van der Waals surface area contributed by atoms with Crippen molar-refractivity contribution in [2.24, 2.45) is 0 Å². The number of aldehydes is 1. The van der Waals surface area contributed by atoms with Gasteiger partial charge in [0, 0.05) is 12.6 Å². The van der Waals surface area contributed by atoms with Crippen LogP contribution in [-0.4, -0.2) is 31.4 Å². The Morgan fingerprint density at radius 1 is 1.27 bits per heavy atom. The van der Waals surface area contributed by atoms with Crippen LogP contribution in [-0.2, 0) is 4.79 Å². The average molecular weight is 305 g/mol. The van der Waals surface area contributed by atoms with Gasteiger partial charge in [-0.25, -0.2) is 0 Å². The number of carbonyl (C=O) groups excluding carboxylic acids is 2. The number of nitrogens with zero attached hydrogens (tertiary/aromatic N) is 1. The van der Waals surface area contributed by atoms with Crippen molar-refractivity contribution >= 4 is 17.9 Å². The first-order valence-corrected chi connectivity index (χ1v) is 7.76. The maximum atomic E-state index is 12.7. The molecule has 5 nitrogen and oxygen atoms in total. The van der Waals surface area contributed by atoms with Crippen LogP contribution in [0, 0.1) is 0 Å².